The summed E-state index contributed by atoms with van der Waals surface area (Å²) in [6, 6.07) is 8.43. The second-order valence-electron chi connectivity index (χ2n) is 8.60. The lowest BCUT2D eigenvalue weighted by Crippen LogP contribution is -2.44. The molecule has 1 saturated carbocycles. The maximum atomic E-state index is 12.6. The highest BCUT2D eigenvalue weighted by Crippen LogP contribution is 2.39. The van der Waals surface area contributed by atoms with Gasteiger partial charge in [-0.2, -0.15) is 5.10 Å². The number of hydrogen-bond acceptors (Lipinski definition) is 4. The fraction of sp³-hybridized carbons (Fsp3) is 0.417. The Labute approximate surface area is 185 Å². The Morgan fingerprint density at radius 2 is 1.72 bits per heavy atom. The van der Waals surface area contributed by atoms with Gasteiger partial charge in [0.15, 0.2) is 0 Å². The Morgan fingerprint density at radius 1 is 1.06 bits per heavy atom. The lowest BCUT2D eigenvalue weighted by atomic mass is 9.69. The van der Waals surface area contributed by atoms with E-state index in [0.717, 1.165) is 67.8 Å². The van der Waals surface area contributed by atoms with Crippen molar-refractivity contribution in [1.29, 1.82) is 0 Å². The normalized spacial score (nSPS) is 16.9. The largest absolute Gasteiger partial charge is 0.396 e. The number of pyridine rings is 1. The van der Waals surface area contributed by atoms with E-state index in [2.05, 4.69) is 27.4 Å². The summed E-state index contributed by atoms with van der Waals surface area (Å²) < 4.78 is 25.6. The molecule has 1 aromatic carbocycles. The average molecular weight is 443 g/mol. The second-order valence-corrected chi connectivity index (χ2v) is 8.60. The van der Waals surface area contributed by atoms with Gasteiger partial charge in [-0.1, -0.05) is 6.42 Å². The Kier molecular flexibility index (Phi) is 6.69. The van der Waals surface area contributed by atoms with Gasteiger partial charge in [0.2, 0.25) is 0 Å². The summed E-state index contributed by atoms with van der Waals surface area (Å²) in [6.45, 7) is 2.82. The standard InChI is InChI=1S/C18H24N4O2.C6H4F2/c23-13-18(5-3-6-18)12-19-17(24)15-11-20-22-9-4-14(10-16(15)22)21-7-1-2-8-21;7-5-1-2-6(8)4-3-5/h4,9-11,23H,1-3,5-8,12-13H2,(H,19,24);1-4H. The Balaban J connectivity index is 0.000000260. The van der Waals surface area contributed by atoms with Gasteiger partial charge < -0.3 is 15.3 Å². The zero-order chi connectivity index (χ0) is 22.6. The summed E-state index contributed by atoms with van der Waals surface area (Å²) in [5, 5.41) is 16.8. The number of aromatic nitrogens is 2. The number of nitrogens with one attached hydrogen (secondary N) is 1. The van der Waals surface area contributed by atoms with Gasteiger partial charge in [0.1, 0.15) is 11.6 Å². The van der Waals surface area contributed by atoms with Crippen LogP contribution in [0.2, 0.25) is 0 Å². The Bertz CT molecular complexity index is 1030. The first-order chi connectivity index (χ1) is 15.5. The molecule has 2 fully saturated rings. The molecule has 0 radical (unpaired) electrons. The first kappa shape index (κ1) is 22.2. The van der Waals surface area contributed by atoms with Crippen molar-refractivity contribution < 1.29 is 18.7 Å². The molecule has 170 valence electrons. The fourth-order valence-electron chi connectivity index (χ4n) is 4.18. The van der Waals surface area contributed by atoms with Gasteiger partial charge in [-0.15, -0.1) is 0 Å². The van der Waals surface area contributed by atoms with Crippen molar-refractivity contribution in [3.8, 4) is 0 Å². The third-order valence-corrected chi connectivity index (χ3v) is 6.40. The number of fused-ring (bicyclic) bond motifs is 1. The summed E-state index contributed by atoms with van der Waals surface area (Å²) in [6.07, 6.45) is 9.09. The number of hydrogen-bond donors (Lipinski definition) is 2. The van der Waals surface area contributed by atoms with E-state index in [0.29, 0.717) is 12.1 Å². The van der Waals surface area contributed by atoms with Crippen LogP contribution < -0.4 is 10.2 Å². The number of anilines is 1. The molecule has 0 spiro atoms. The molecule has 2 N–H and O–H groups in total. The zero-order valence-corrected chi connectivity index (χ0v) is 17.9. The molecule has 3 aromatic rings. The van der Waals surface area contributed by atoms with Crippen LogP contribution in [0, 0.1) is 17.0 Å². The minimum absolute atomic E-state index is 0.108. The molecule has 1 saturated heterocycles. The number of carbonyl (C=O) groups is 1. The molecule has 1 aliphatic carbocycles. The quantitative estimate of drug-likeness (QED) is 0.631. The number of aliphatic hydroxyl groups is 1. The summed E-state index contributed by atoms with van der Waals surface area (Å²) in [5.74, 6) is -0.930. The van der Waals surface area contributed by atoms with Crippen LogP contribution in [0.4, 0.5) is 14.5 Å². The summed E-state index contributed by atoms with van der Waals surface area (Å²) >= 11 is 0. The monoisotopic (exact) mass is 442 g/mol. The Morgan fingerprint density at radius 3 is 2.28 bits per heavy atom. The van der Waals surface area contributed by atoms with E-state index in [4.69, 9.17) is 0 Å². The molecule has 1 amide bonds. The highest BCUT2D eigenvalue weighted by Gasteiger charge is 2.36. The minimum Gasteiger partial charge on any atom is -0.396 e. The summed E-state index contributed by atoms with van der Waals surface area (Å²) in [4.78, 5) is 14.9. The van der Waals surface area contributed by atoms with Crippen LogP contribution in [-0.4, -0.2) is 46.9 Å². The molecule has 2 aliphatic rings. The average Bonchev–Trinajstić information content (AvgIpc) is 3.45. The molecule has 6 nitrogen and oxygen atoms in total. The smallest absolute Gasteiger partial charge is 0.255 e. The maximum Gasteiger partial charge on any atom is 0.255 e. The first-order valence-electron chi connectivity index (χ1n) is 11.0. The van der Waals surface area contributed by atoms with Gasteiger partial charge in [-0.05, 0) is 62.1 Å². The highest BCUT2D eigenvalue weighted by molar-refractivity contribution is 6.01. The van der Waals surface area contributed by atoms with Gasteiger partial charge in [0.05, 0.1) is 23.9 Å². The minimum atomic E-state index is -0.411. The first-order valence-corrected chi connectivity index (χ1v) is 11.0. The SMILES string of the molecule is Fc1ccc(F)cc1.O=C(NCC1(CO)CCC1)c1cnn2ccc(N3CCCC3)cc12. The van der Waals surface area contributed by atoms with Gasteiger partial charge in [-0.3, -0.25) is 4.79 Å². The lowest BCUT2D eigenvalue weighted by molar-refractivity contribution is 0.0429. The third-order valence-electron chi connectivity index (χ3n) is 6.40. The van der Waals surface area contributed by atoms with Crippen LogP contribution in [0.5, 0.6) is 0 Å². The van der Waals surface area contributed by atoms with E-state index in [9.17, 15) is 18.7 Å². The summed E-state index contributed by atoms with van der Waals surface area (Å²) in [7, 11) is 0. The fourth-order valence-corrected chi connectivity index (χ4v) is 4.18. The van der Waals surface area contributed by atoms with E-state index in [1.165, 1.54) is 12.8 Å². The number of aliphatic hydroxyl groups excluding tert-OH is 1. The second kappa shape index (κ2) is 9.65. The molecule has 32 heavy (non-hydrogen) atoms. The number of halogens is 2. The van der Waals surface area contributed by atoms with Crippen molar-refractivity contribution in [1.82, 2.24) is 14.9 Å². The lowest BCUT2D eigenvalue weighted by Gasteiger charge is -2.40. The van der Waals surface area contributed by atoms with Crippen LogP contribution >= 0.6 is 0 Å². The van der Waals surface area contributed by atoms with Crippen molar-refractivity contribution in [2.24, 2.45) is 5.41 Å². The zero-order valence-electron chi connectivity index (χ0n) is 17.9. The van der Waals surface area contributed by atoms with Crippen LogP contribution in [0.1, 0.15) is 42.5 Å². The Hall–Kier alpha value is -3.00. The molecule has 3 heterocycles. The molecule has 0 bridgehead atoms. The van der Waals surface area contributed by atoms with Crippen LogP contribution in [-0.2, 0) is 0 Å². The van der Waals surface area contributed by atoms with E-state index < -0.39 is 11.6 Å². The number of amides is 1. The van der Waals surface area contributed by atoms with Gasteiger partial charge >= 0.3 is 0 Å². The molecular weight excluding hydrogens is 414 g/mol. The topological polar surface area (TPSA) is 69.9 Å². The van der Waals surface area contributed by atoms with Crippen molar-refractivity contribution in [3.63, 3.8) is 0 Å². The van der Waals surface area contributed by atoms with Gasteiger partial charge in [0, 0.05) is 36.9 Å². The predicted octanol–water partition coefficient (Wildman–Crippen LogP) is 3.79. The molecule has 8 heteroatoms. The van der Waals surface area contributed by atoms with Gasteiger partial charge in [0.25, 0.3) is 5.91 Å². The van der Waals surface area contributed by atoms with Crippen molar-refractivity contribution in [2.45, 2.75) is 32.1 Å². The van der Waals surface area contributed by atoms with E-state index in [1.54, 1.807) is 10.7 Å². The summed E-state index contributed by atoms with van der Waals surface area (Å²) in [5.41, 5.74) is 2.48. The van der Waals surface area contributed by atoms with E-state index in [-0.39, 0.29) is 17.9 Å². The van der Waals surface area contributed by atoms with E-state index in [1.807, 2.05) is 6.20 Å². The third kappa shape index (κ3) is 4.91. The number of rotatable bonds is 5. The molecule has 1 aliphatic heterocycles. The van der Waals surface area contributed by atoms with Crippen LogP contribution in [0.25, 0.3) is 5.52 Å². The number of nitrogens with zero attached hydrogens (tertiary/aromatic N) is 3. The highest BCUT2D eigenvalue weighted by atomic mass is 19.1. The van der Waals surface area contributed by atoms with Crippen LogP contribution in [0.15, 0.2) is 48.8 Å². The molecule has 0 atom stereocenters. The van der Waals surface area contributed by atoms with Crippen molar-refractivity contribution >= 4 is 17.1 Å². The van der Waals surface area contributed by atoms with Gasteiger partial charge in [-0.25, -0.2) is 13.3 Å². The van der Waals surface area contributed by atoms with E-state index >= 15 is 0 Å². The maximum absolute atomic E-state index is 12.6. The van der Waals surface area contributed by atoms with Crippen molar-refractivity contribution in [2.75, 3.05) is 31.1 Å². The molecule has 2 aromatic heterocycles. The molecule has 0 unspecified atom stereocenters. The molecule has 5 rings (SSSR count). The van der Waals surface area contributed by atoms with Crippen molar-refractivity contribution in [3.05, 3.63) is 66.0 Å². The molecular formula is C24H28F2N4O2. The number of carbonyl (C=O) groups excluding carboxylic acids is 1. The van der Waals surface area contributed by atoms with Crippen LogP contribution in [0.3, 0.4) is 0 Å². The predicted molar refractivity (Wildman–Crippen MR) is 119 cm³/mol. The number of benzene rings is 1.